The molecule has 1 N–H and O–H groups in total. The number of rotatable bonds is 8. The number of carboxylic acids is 1. The number of likely N-dealkylation sites (N-methyl/N-ethyl adjacent to an activating group) is 1. The second-order valence-electron chi connectivity index (χ2n) is 7.11. The minimum absolute atomic E-state index is 0.0524. The Morgan fingerprint density at radius 1 is 1.25 bits per heavy atom. The smallest absolute Gasteiger partial charge is 0.387 e. The number of alkyl halides is 2. The molecule has 0 aromatic heterocycles. The Morgan fingerprint density at radius 3 is 2.61 bits per heavy atom. The number of halogens is 2. The van der Waals surface area contributed by atoms with Crippen molar-refractivity contribution in [3.8, 4) is 5.75 Å². The second kappa shape index (κ2) is 9.30. The fraction of sp³-hybridized carbons (Fsp3) is 0.476. The number of hydrogen-bond acceptors (Lipinski definition) is 4. The van der Waals surface area contributed by atoms with Gasteiger partial charge in [0.1, 0.15) is 5.75 Å². The molecule has 7 heteroatoms. The maximum Gasteiger partial charge on any atom is 0.387 e. The Kier molecular flexibility index (Phi) is 6.80. The van der Waals surface area contributed by atoms with Crippen LogP contribution in [-0.4, -0.2) is 59.7 Å². The molecule has 0 unspecified atom stereocenters. The maximum absolute atomic E-state index is 12.9. The first-order valence-corrected chi connectivity index (χ1v) is 9.61. The summed E-state index contributed by atoms with van der Waals surface area (Å²) in [6, 6.07) is 11.4. The Labute approximate surface area is 163 Å². The summed E-state index contributed by atoms with van der Waals surface area (Å²) in [5.74, 6) is -0.592. The van der Waals surface area contributed by atoms with Gasteiger partial charge in [-0.3, -0.25) is 14.6 Å². The summed E-state index contributed by atoms with van der Waals surface area (Å²) in [5.41, 5.74) is 0.773. The zero-order valence-electron chi connectivity index (χ0n) is 16.0. The van der Waals surface area contributed by atoms with E-state index in [2.05, 4.69) is 4.90 Å². The van der Waals surface area contributed by atoms with Crippen molar-refractivity contribution in [2.75, 3.05) is 26.2 Å². The highest BCUT2D eigenvalue weighted by Crippen LogP contribution is 2.31. The summed E-state index contributed by atoms with van der Waals surface area (Å²) < 4.78 is 30.5. The van der Waals surface area contributed by atoms with Crippen LogP contribution in [0.1, 0.15) is 25.3 Å². The van der Waals surface area contributed by atoms with E-state index >= 15 is 0 Å². The molecule has 28 heavy (non-hydrogen) atoms. The number of carboxylic acid groups (broad SMARTS) is 1. The van der Waals surface area contributed by atoms with Gasteiger partial charge in [0.05, 0.1) is 6.54 Å². The molecule has 1 saturated heterocycles. The van der Waals surface area contributed by atoms with Gasteiger partial charge in [-0.1, -0.05) is 37.3 Å². The number of nitrogens with zero attached hydrogens (tertiary/aromatic N) is 2. The Balaban J connectivity index is 1.74. The van der Waals surface area contributed by atoms with E-state index in [-0.39, 0.29) is 18.3 Å². The van der Waals surface area contributed by atoms with Crippen molar-refractivity contribution in [2.24, 2.45) is 0 Å². The van der Waals surface area contributed by atoms with Gasteiger partial charge in [-0.15, -0.1) is 0 Å². The molecule has 3 rings (SSSR count). The van der Waals surface area contributed by atoms with Gasteiger partial charge >= 0.3 is 12.6 Å². The fourth-order valence-corrected chi connectivity index (χ4v) is 4.02. The van der Waals surface area contributed by atoms with Crippen LogP contribution in [0.2, 0.25) is 0 Å². The largest absolute Gasteiger partial charge is 0.480 e. The topological polar surface area (TPSA) is 53.0 Å². The van der Waals surface area contributed by atoms with Gasteiger partial charge in [0.15, 0.2) is 0 Å². The molecular formula is C21H26F2N2O3. The van der Waals surface area contributed by atoms with E-state index in [0.717, 1.165) is 42.3 Å². The lowest BCUT2D eigenvalue weighted by atomic mass is 9.99. The molecule has 0 atom stereocenters. The predicted octanol–water partition coefficient (Wildman–Crippen LogP) is 3.81. The molecular weight excluding hydrogens is 366 g/mol. The van der Waals surface area contributed by atoms with Crippen LogP contribution >= 0.6 is 0 Å². The third-order valence-electron chi connectivity index (χ3n) is 5.41. The second-order valence-corrected chi connectivity index (χ2v) is 7.11. The molecule has 1 aliphatic heterocycles. The van der Waals surface area contributed by atoms with Crippen LogP contribution in [0.4, 0.5) is 8.78 Å². The normalized spacial score (nSPS) is 16.2. The van der Waals surface area contributed by atoms with Crippen LogP contribution in [0.15, 0.2) is 36.4 Å². The number of aliphatic carboxylic acids is 1. The van der Waals surface area contributed by atoms with E-state index < -0.39 is 12.6 Å². The molecule has 0 bridgehead atoms. The maximum atomic E-state index is 12.9. The molecule has 0 saturated carbocycles. The van der Waals surface area contributed by atoms with Crippen LogP contribution < -0.4 is 4.74 Å². The first-order chi connectivity index (χ1) is 13.5. The lowest BCUT2D eigenvalue weighted by Crippen LogP contribution is -2.46. The number of piperidine rings is 1. The summed E-state index contributed by atoms with van der Waals surface area (Å²) in [4.78, 5) is 15.3. The molecule has 1 heterocycles. The minimum Gasteiger partial charge on any atom is -0.480 e. The Bertz CT molecular complexity index is 807. The number of hydrogen-bond donors (Lipinski definition) is 1. The summed E-state index contributed by atoms with van der Waals surface area (Å²) in [6.07, 6.45) is 1.72. The van der Waals surface area contributed by atoms with Crippen molar-refractivity contribution in [1.29, 1.82) is 0 Å². The highest BCUT2D eigenvalue weighted by Gasteiger charge is 2.26. The van der Waals surface area contributed by atoms with Crippen molar-refractivity contribution in [3.63, 3.8) is 0 Å². The highest BCUT2D eigenvalue weighted by molar-refractivity contribution is 5.87. The van der Waals surface area contributed by atoms with Crippen LogP contribution in [0, 0.1) is 0 Å². The molecule has 2 aromatic carbocycles. The lowest BCUT2D eigenvalue weighted by Gasteiger charge is -2.37. The molecule has 0 amide bonds. The van der Waals surface area contributed by atoms with E-state index in [1.54, 1.807) is 12.1 Å². The van der Waals surface area contributed by atoms with Gasteiger partial charge in [-0.25, -0.2) is 0 Å². The van der Waals surface area contributed by atoms with Crippen molar-refractivity contribution in [3.05, 3.63) is 42.0 Å². The van der Waals surface area contributed by atoms with Crippen molar-refractivity contribution < 1.29 is 23.4 Å². The van der Waals surface area contributed by atoms with Crippen LogP contribution in [0.25, 0.3) is 10.8 Å². The highest BCUT2D eigenvalue weighted by atomic mass is 19.3. The van der Waals surface area contributed by atoms with Crippen LogP contribution in [-0.2, 0) is 11.3 Å². The van der Waals surface area contributed by atoms with Crippen molar-refractivity contribution in [2.45, 2.75) is 39.0 Å². The zero-order valence-corrected chi connectivity index (χ0v) is 16.0. The van der Waals surface area contributed by atoms with Gasteiger partial charge in [0.2, 0.25) is 0 Å². The van der Waals surface area contributed by atoms with E-state index in [1.165, 1.54) is 0 Å². The summed E-state index contributed by atoms with van der Waals surface area (Å²) in [7, 11) is 0. The summed E-state index contributed by atoms with van der Waals surface area (Å²) in [6.45, 7) is 1.97. The molecule has 0 aliphatic carbocycles. The molecule has 1 fully saturated rings. The SMILES string of the molecule is CCN(CC(=O)O)C1CCN(Cc2c(OC(F)F)ccc3ccccc23)CC1. The standard InChI is InChI=1S/C21H26F2N2O3/c1-2-25(14-20(26)27)16-9-11-24(12-10-16)13-18-17-6-4-3-5-15(17)7-8-19(18)28-21(22)23/h3-8,16,21H,2,9-14H2,1H3,(H,26,27). The molecule has 0 spiro atoms. The third-order valence-corrected chi connectivity index (χ3v) is 5.41. The van der Waals surface area contributed by atoms with Gasteiger partial charge in [-0.05, 0) is 49.3 Å². The summed E-state index contributed by atoms with van der Waals surface area (Å²) in [5, 5.41) is 11.0. The van der Waals surface area contributed by atoms with E-state index in [0.29, 0.717) is 13.1 Å². The van der Waals surface area contributed by atoms with E-state index in [1.807, 2.05) is 36.1 Å². The van der Waals surface area contributed by atoms with Crippen LogP contribution in [0.5, 0.6) is 5.75 Å². The van der Waals surface area contributed by atoms with Gasteiger partial charge in [0.25, 0.3) is 0 Å². The van der Waals surface area contributed by atoms with Crippen molar-refractivity contribution >= 4 is 16.7 Å². The lowest BCUT2D eigenvalue weighted by molar-refractivity contribution is -0.139. The number of ether oxygens (including phenoxy) is 1. The zero-order chi connectivity index (χ0) is 20.1. The quantitative estimate of drug-likeness (QED) is 0.740. The molecule has 1 aliphatic rings. The molecule has 5 nitrogen and oxygen atoms in total. The number of likely N-dealkylation sites (tertiary alicyclic amines) is 1. The molecule has 2 aromatic rings. The average molecular weight is 392 g/mol. The van der Waals surface area contributed by atoms with E-state index in [4.69, 9.17) is 9.84 Å². The van der Waals surface area contributed by atoms with Gasteiger partial charge < -0.3 is 9.84 Å². The monoisotopic (exact) mass is 392 g/mol. The summed E-state index contributed by atoms with van der Waals surface area (Å²) >= 11 is 0. The van der Waals surface area contributed by atoms with Gasteiger partial charge in [-0.2, -0.15) is 8.78 Å². The average Bonchev–Trinajstić information content (AvgIpc) is 2.68. The first-order valence-electron chi connectivity index (χ1n) is 9.61. The van der Waals surface area contributed by atoms with Crippen molar-refractivity contribution in [1.82, 2.24) is 9.80 Å². The van der Waals surface area contributed by atoms with E-state index in [9.17, 15) is 13.6 Å². The molecule has 0 radical (unpaired) electrons. The third kappa shape index (κ3) is 4.97. The Hall–Kier alpha value is -2.25. The van der Waals surface area contributed by atoms with Crippen LogP contribution in [0.3, 0.4) is 0 Å². The number of carbonyl (C=O) groups is 1. The number of fused-ring (bicyclic) bond motifs is 1. The first kappa shape index (κ1) is 20.5. The fourth-order valence-electron chi connectivity index (χ4n) is 4.02. The van der Waals surface area contributed by atoms with Gasteiger partial charge in [0, 0.05) is 18.2 Å². The Morgan fingerprint density at radius 2 is 1.96 bits per heavy atom. The number of benzene rings is 2. The predicted molar refractivity (Wildman–Crippen MR) is 104 cm³/mol. The molecule has 152 valence electrons. The minimum atomic E-state index is -2.86.